The lowest BCUT2D eigenvalue weighted by molar-refractivity contribution is -0.115. The van der Waals surface area contributed by atoms with Gasteiger partial charge in [0.1, 0.15) is 0 Å². The number of nitrogens with one attached hydrogen (secondary N) is 2. The fourth-order valence-corrected chi connectivity index (χ4v) is 4.64. The van der Waals surface area contributed by atoms with Crippen LogP contribution in [0, 0.1) is 6.92 Å². The van der Waals surface area contributed by atoms with Crippen LogP contribution in [0.25, 0.3) is 0 Å². The van der Waals surface area contributed by atoms with Crippen molar-refractivity contribution in [3.63, 3.8) is 0 Å². The number of aromatic nitrogens is 2. The van der Waals surface area contributed by atoms with E-state index in [4.69, 9.17) is 9.47 Å². The van der Waals surface area contributed by atoms with Crippen molar-refractivity contribution in [2.24, 2.45) is 0 Å². The van der Waals surface area contributed by atoms with Crippen LogP contribution in [0.5, 0.6) is 0 Å². The van der Waals surface area contributed by atoms with Crippen LogP contribution in [0.1, 0.15) is 58.6 Å². The van der Waals surface area contributed by atoms with Crippen molar-refractivity contribution in [1.29, 1.82) is 0 Å². The Morgan fingerprint density at radius 1 is 1.32 bits per heavy atom. The van der Waals surface area contributed by atoms with E-state index in [1.807, 2.05) is 5.38 Å². The molecular weight excluding hydrogens is 420 g/mol. The van der Waals surface area contributed by atoms with Crippen LogP contribution in [0.15, 0.2) is 5.38 Å². The molecule has 0 radical (unpaired) electrons. The third kappa shape index (κ3) is 5.57. The van der Waals surface area contributed by atoms with Gasteiger partial charge in [0.05, 0.1) is 42.7 Å². The third-order valence-electron chi connectivity index (χ3n) is 5.09. The zero-order valence-corrected chi connectivity index (χ0v) is 19.2. The van der Waals surface area contributed by atoms with Crippen LogP contribution in [0.4, 0.5) is 5.13 Å². The van der Waals surface area contributed by atoms with Crippen molar-refractivity contribution in [2.75, 3.05) is 25.5 Å². The molecule has 3 rings (SSSR count). The van der Waals surface area contributed by atoms with Gasteiger partial charge < -0.3 is 19.8 Å². The minimum Gasteiger partial charge on any atom is -0.465 e. The second-order valence-corrected chi connectivity index (χ2v) is 8.70. The predicted molar refractivity (Wildman–Crippen MR) is 117 cm³/mol. The van der Waals surface area contributed by atoms with Crippen molar-refractivity contribution < 1.29 is 23.9 Å². The lowest BCUT2D eigenvalue weighted by Crippen LogP contribution is -2.44. The Hall–Kier alpha value is -2.56. The SMILES string of the molecule is COC(=O)c1c(CC(=O)Nc2nc(CN3CC(C)OC(C)C3)cs2)[nH]c(C(C)=O)c1C. The molecule has 2 N–H and O–H groups in total. The maximum absolute atomic E-state index is 12.6. The Bertz CT molecular complexity index is 973. The van der Waals surface area contributed by atoms with Gasteiger partial charge in [-0.05, 0) is 26.3 Å². The summed E-state index contributed by atoms with van der Waals surface area (Å²) in [6.45, 7) is 9.53. The molecule has 0 bridgehead atoms. The predicted octanol–water partition coefficient (Wildman–Crippen LogP) is 2.56. The number of hydrogen-bond donors (Lipinski definition) is 2. The zero-order chi connectivity index (χ0) is 22.7. The van der Waals surface area contributed by atoms with E-state index < -0.39 is 5.97 Å². The molecule has 1 saturated heterocycles. The van der Waals surface area contributed by atoms with Crippen LogP contribution >= 0.6 is 11.3 Å². The Balaban J connectivity index is 1.66. The van der Waals surface area contributed by atoms with E-state index in [9.17, 15) is 14.4 Å². The van der Waals surface area contributed by atoms with Crippen molar-refractivity contribution in [3.05, 3.63) is 33.6 Å². The maximum atomic E-state index is 12.6. The Morgan fingerprint density at radius 2 is 2.00 bits per heavy atom. The lowest BCUT2D eigenvalue weighted by Gasteiger charge is -2.34. The molecule has 168 valence electrons. The Kier molecular flexibility index (Phi) is 7.24. The first-order chi connectivity index (χ1) is 14.7. The molecule has 1 aliphatic rings. The molecule has 31 heavy (non-hydrogen) atoms. The quantitative estimate of drug-likeness (QED) is 0.494. The number of ketones is 1. The van der Waals surface area contributed by atoms with E-state index in [0.29, 0.717) is 28.6 Å². The van der Waals surface area contributed by atoms with E-state index in [-0.39, 0.29) is 35.9 Å². The highest BCUT2D eigenvalue weighted by Crippen LogP contribution is 2.22. The summed E-state index contributed by atoms with van der Waals surface area (Å²) in [5.74, 6) is -1.14. The van der Waals surface area contributed by atoms with Crippen LogP contribution in [-0.2, 0) is 27.2 Å². The molecule has 2 aromatic heterocycles. The molecule has 2 aromatic rings. The summed E-state index contributed by atoms with van der Waals surface area (Å²) in [7, 11) is 1.26. The van der Waals surface area contributed by atoms with Gasteiger partial charge in [-0.2, -0.15) is 0 Å². The number of carbonyl (C=O) groups is 3. The van der Waals surface area contributed by atoms with Gasteiger partial charge in [-0.25, -0.2) is 9.78 Å². The maximum Gasteiger partial charge on any atom is 0.339 e. The molecule has 0 saturated carbocycles. The number of esters is 1. The van der Waals surface area contributed by atoms with Crippen LogP contribution in [-0.4, -0.2) is 64.9 Å². The summed E-state index contributed by atoms with van der Waals surface area (Å²) < 4.78 is 10.6. The van der Waals surface area contributed by atoms with E-state index in [0.717, 1.165) is 18.8 Å². The van der Waals surface area contributed by atoms with Crippen LogP contribution in [0.3, 0.4) is 0 Å². The summed E-state index contributed by atoms with van der Waals surface area (Å²) in [5, 5.41) is 5.19. The summed E-state index contributed by atoms with van der Waals surface area (Å²) in [4.78, 5) is 46.3. The van der Waals surface area contributed by atoms with Gasteiger partial charge >= 0.3 is 5.97 Å². The molecule has 0 aromatic carbocycles. The first-order valence-electron chi connectivity index (χ1n) is 10.1. The summed E-state index contributed by atoms with van der Waals surface area (Å²) in [5.41, 5.74) is 2.23. The molecule has 3 heterocycles. The number of aromatic amines is 1. The van der Waals surface area contributed by atoms with Crippen LogP contribution < -0.4 is 5.32 Å². The number of ether oxygens (including phenoxy) is 2. The topological polar surface area (TPSA) is 114 Å². The number of rotatable bonds is 7. The number of hydrogen-bond acceptors (Lipinski definition) is 8. The Labute approximate surface area is 185 Å². The van der Waals surface area contributed by atoms with Crippen LogP contribution in [0.2, 0.25) is 0 Å². The molecular formula is C21H28N4O5S. The Morgan fingerprint density at radius 3 is 2.61 bits per heavy atom. The van der Waals surface area contributed by atoms with Gasteiger partial charge in [0.15, 0.2) is 10.9 Å². The molecule has 1 amide bonds. The number of anilines is 1. The van der Waals surface area contributed by atoms with E-state index in [1.165, 1.54) is 25.4 Å². The number of methoxy groups -OCH3 is 1. The highest BCUT2D eigenvalue weighted by molar-refractivity contribution is 7.13. The molecule has 2 atom stereocenters. The molecule has 2 unspecified atom stereocenters. The molecule has 0 spiro atoms. The van der Waals surface area contributed by atoms with Crippen molar-refractivity contribution in [3.8, 4) is 0 Å². The van der Waals surface area contributed by atoms with Gasteiger partial charge in [0.2, 0.25) is 5.91 Å². The molecule has 9 nitrogen and oxygen atoms in total. The minimum absolute atomic E-state index is 0.105. The van der Waals surface area contributed by atoms with Gasteiger partial charge in [-0.1, -0.05) is 0 Å². The normalized spacial score (nSPS) is 19.3. The van der Waals surface area contributed by atoms with Crippen molar-refractivity contribution >= 4 is 34.1 Å². The molecule has 0 aliphatic carbocycles. The molecule has 1 aliphatic heterocycles. The zero-order valence-electron chi connectivity index (χ0n) is 18.4. The van der Waals surface area contributed by atoms with Crippen molar-refractivity contribution in [2.45, 2.75) is 52.9 Å². The number of carbonyl (C=O) groups excluding carboxylic acids is 3. The van der Waals surface area contributed by atoms with E-state index >= 15 is 0 Å². The van der Waals surface area contributed by atoms with Gasteiger partial charge in [0, 0.05) is 37.6 Å². The minimum atomic E-state index is -0.588. The summed E-state index contributed by atoms with van der Waals surface area (Å²) in [6, 6.07) is 0. The highest BCUT2D eigenvalue weighted by atomic mass is 32.1. The first-order valence-corrected chi connectivity index (χ1v) is 11.0. The van der Waals surface area contributed by atoms with Gasteiger partial charge in [-0.15, -0.1) is 11.3 Å². The average Bonchev–Trinajstić information content (AvgIpc) is 3.24. The molecule has 1 fully saturated rings. The van der Waals surface area contributed by atoms with Gasteiger partial charge in [-0.3, -0.25) is 14.5 Å². The lowest BCUT2D eigenvalue weighted by atomic mass is 10.1. The summed E-state index contributed by atoms with van der Waals surface area (Å²) >= 11 is 1.35. The van der Waals surface area contributed by atoms with E-state index in [2.05, 4.69) is 34.0 Å². The number of Topliss-reactive ketones (excluding diaryl/α,β-unsaturated/α-hetero) is 1. The smallest absolute Gasteiger partial charge is 0.339 e. The molecule has 10 heteroatoms. The summed E-state index contributed by atoms with van der Waals surface area (Å²) in [6.07, 6.45) is 0.246. The standard InChI is InChI=1S/C21H28N4O5S/c1-11-7-25(8-12(2)30-11)9-15-10-31-21(22-15)24-17(27)6-16-18(20(28)29-5)13(3)19(23-16)14(4)26/h10-12,23H,6-9H2,1-5H3,(H,22,24,27). The number of morpholine rings is 1. The van der Waals surface area contributed by atoms with Gasteiger partial charge in [0.25, 0.3) is 0 Å². The largest absolute Gasteiger partial charge is 0.465 e. The van der Waals surface area contributed by atoms with Crippen molar-refractivity contribution in [1.82, 2.24) is 14.9 Å². The fourth-order valence-electron chi connectivity index (χ4n) is 3.93. The number of amides is 1. The van der Waals surface area contributed by atoms with E-state index in [1.54, 1.807) is 6.92 Å². The number of nitrogens with zero attached hydrogens (tertiary/aromatic N) is 2. The fraction of sp³-hybridized carbons (Fsp3) is 0.524. The highest BCUT2D eigenvalue weighted by Gasteiger charge is 2.25. The second kappa shape index (κ2) is 9.71. The average molecular weight is 449 g/mol. The number of thiazole rings is 1. The third-order valence-corrected chi connectivity index (χ3v) is 5.89. The number of H-pyrrole nitrogens is 1. The second-order valence-electron chi connectivity index (χ2n) is 7.85. The first kappa shape index (κ1) is 23.1. The monoisotopic (exact) mass is 448 g/mol.